The first-order chi connectivity index (χ1) is 13.0. The second-order valence-electron chi connectivity index (χ2n) is 5.49. The van der Waals surface area contributed by atoms with E-state index < -0.39 is 19.0 Å². The third kappa shape index (κ3) is 4.41. The van der Waals surface area contributed by atoms with Crippen LogP contribution in [0.15, 0.2) is 46.9 Å². The number of carboxylic acids is 1. The number of methoxy groups -OCH3 is 1. The predicted octanol–water partition coefficient (Wildman–Crippen LogP) is 3.12. The predicted molar refractivity (Wildman–Crippen MR) is 91.1 cm³/mol. The van der Waals surface area contributed by atoms with Gasteiger partial charge in [-0.25, -0.2) is 4.98 Å². The summed E-state index contributed by atoms with van der Waals surface area (Å²) in [6, 6.07) is 11.2. The fraction of sp³-hybridized carbons (Fsp3) is 0.158. The molecule has 0 unspecified atom stereocenters. The molecular formula is C19H14F2NO5-. The number of alkyl halides is 2. The summed E-state index contributed by atoms with van der Waals surface area (Å²) < 4.78 is 39.9. The van der Waals surface area contributed by atoms with Crippen LogP contribution in [-0.2, 0) is 4.79 Å². The number of carbonyl (C=O) groups is 1. The van der Waals surface area contributed by atoms with Gasteiger partial charge in [-0.15, -0.1) is 0 Å². The van der Waals surface area contributed by atoms with Crippen LogP contribution in [0.3, 0.4) is 0 Å². The summed E-state index contributed by atoms with van der Waals surface area (Å²) in [5.74, 6) is -1.23. The minimum atomic E-state index is -2.99. The fourth-order valence-electron chi connectivity index (χ4n) is 2.52. The van der Waals surface area contributed by atoms with Crippen LogP contribution < -0.4 is 14.6 Å². The molecule has 3 aromatic rings. The average molecular weight is 374 g/mol. The number of aromatic nitrogens is 1. The van der Waals surface area contributed by atoms with Crippen molar-refractivity contribution in [1.29, 1.82) is 0 Å². The smallest absolute Gasteiger partial charge is 0.387 e. The molecule has 140 valence electrons. The van der Waals surface area contributed by atoms with E-state index >= 15 is 0 Å². The molecule has 0 bridgehead atoms. The van der Waals surface area contributed by atoms with E-state index in [9.17, 15) is 18.7 Å². The number of carboxylic acid groups (broad SMARTS) is 1. The first kappa shape index (κ1) is 18.4. The van der Waals surface area contributed by atoms with Crippen molar-refractivity contribution in [3.8, 4) is 11.5 Å². The Morgan fingerprint density at radius 2 is 2.04 bits per heavy atom. The standard InChI is InChI=1S/C19H15F2NO5/c1-25-16-9-11(6-7-15(16)27-19(20)21)8-12(10-17(23)24)18-22-13-4-2-3-5-14(13)26-18/h2-9,19H,10H2,1H3,(H,23,24)/p-1/b12-8+. The number of benzene rings is 2. The van der Waals surface area contributed by atoms with Crippen LogP contribution in [0.2, 0.25) is 0 Å². The second-order valence-corrected chi connectivity index (χ2v) is 5.49. The highest BCUT2D eigenvalue weighted by molar-refractivity contribution is 5.90. The SMILES string of the molecule is COc1cc(/C=C(\CC(=O)[O-])c2nc3ccccc3o2)ccc1OC(F)F. The molecule has 0 aliphatic rings. The zero-order valence-electron chi connectivity index (χ0n) is 14.1. The van der Waals surface area contributed by atoms with Crippen molar-refractivity contribution >= 4 is 28.7 Å². The molecule has 0 fully saturated rings. The zero-order chi connectivity index (χ0) is 19.4. The number of hydrogen-bond donors (Lipinski definition) is 0. The van der Waals surface area contributed by atoms with E-state index in [0.29, 0.717) is 16.7 Å². The van der Waals surface area contributed by atoms with Crippen molar-refractivity contribution in [2.75, 3.05) is 7.11 Å². The summed E-state index contributed by atoms with van der Waals surface area (Å²) in [4.78, 5) is 15.4. The summed E-state index contributed by atoms with van der Waals surface area (Å²) in [5, 5.41) is 11.1. The molecule has 2 aromatic carbocycles. The molecule has 0 amide bonds. The maximum atomic E-state index is 12.4. The fourth-order valence-corrected chi connectivity index (χ4v) is 2.52. The molecule has 0 N–H and O–H groups in total. The maximum absolute atomic E-state index is 12.4. The van der Waals surface area contributed by atoms with Gasteiger partial charge >= 0.3 is 6.61 Å². The van der Waals surface area contributed by atoms with Gasteiger partial charge in [0.05, 0.1) is 7.11 Å². The Balaban J connectivity index is 2.01. The molecule has 0 aliphatic carbocycles. The van der Waals surface area contributed by atoms with E-state index in [0.717, 1.165) is 0 Å². The van der Waals surface area contributed by atoms with Crippen molar-refractivity contribution in [2.24, 2.45) is 0 Å². The van der Waals surface area contributed by atoms with Crippen LogP contribution in [0.4, 0.5) is 8.78 Å². The molecule has 0 aliphatic heterocycles. The van der Waals surface area contributed by atoms with Crippen molar-refractivity contribution in [3.05, 3.63) is 53.9 Å². The highest BCUT2D eigenvalue weighted by atomic mass is 19.3. The van der Waals surface area contributed by atoms with Gasteiger partial charge in [0.1, 0.15) is 5.52 Å². The molecule has 6 nitrogen and oxygen atoms in total. The lowest BCUT2D eigenvalue weighted by Gasteiger charge is -2.11. The minimum absolute atomic E-state index is 0.0782. The first-order valence-electron chi connectivity index (χ1n) is 7.85. The van der Waals surface area contributed by atoms with Crippen LogP contribution >= 0.6 is 0 Å². The molecule has 0 spiro atoms. The van der Waals surface area contributed by atoms with Crippen molar-refractivity contribution in [3.63, 3.8) is 0 Å². The number of halogens is 2. The van der Waals surface area contributed by atoms with Gasteiger partial charge in [0.2, 0.25) is 5.89 Å². The Morgan fingerprint density at radius 1 is 1.26 bits per heavy atom. The van der Waals surface area contributed by atoms with Gasteiger partial charge in [-0.05, 0) is 35.9 Å². The lowest BCUT2D eigenvalue weighted by atomic mass is 10.1. The summed E-state index contributed by atoms with van der Waals surface area (Å²) >= 11 is 0. The molecule has 8 heteroatoms. The normalized spacial score (nSPS) is 11.8. The van der Waals surface area contributed by atoms with Crippen LogP contribution in [-0.4, -0.2) is 24.7 Å². The summed E-state index contributed by atoms with van der Waals surface area (Å²) in [7, 11) is 1.31. The number of para-hydroxylation sites is 2. The Kier molecular flexibility index (Phi) is 5.35. The highest BCUT2D eigenvalue weighted by Crippen LogP contribution is 2.32. The molecule has 0 radical (unpaired) electrons. The van der Waals surface area contributed by atoms with Gasteiger partial charge in [-0.2, -0.15) is 8.78 Å². The summed E-state index contributed by atoms with van der Waals surface area (Å²) in [6.45, 7) is -2.99. The molecule has 0 saturated carbocycles. The minimum Gasteiger partial charge on any atom is -0.550 e. The third-order valence-electron chi connectivity index (χ3n) is 3.65. The van der Waals surface area contributed by atoms with Crippen molar-refractivity contribution in [2.45, 2.75) is 13.0 Å². The largest absolute Gasteiger partial charge is 0.550 e. The van der Waals surface area contributed by atoms with Gasteiger partial charge in [0.25, 0.3) is 0 Å². The Hall–Kier alpha value is -3.42. The lowest BCUT2D eigenvalue weighted by molar-refractivity contribution is -0.304. The van der Waals surface area contributed by atoms with E-state index in [1.807, 2.05) is 0 Å². The van der Waals surface area contributed by atoms with Crippen LogP contribution in [0.5, 0.6) is 11.5 Å². The molecule has 1 heterocycles. The zero-order valence-corrected chi connectivity index (χ0v) is 14.1. The maximum Gasteiger partial charge on any atom is 0.387 e. The topological polar surface area (TPSA) is 84.6 Å². The van der Waals surface area contributed by atoms with Gasteiger partial charge in [0, 0.05) is 18.0 Å². The average Bonchev–Trinajstić information content (AvgIpc) is 3.05. The highest BCUT2D eigenvalue weighted by Gasteiger charge is 2.14. The Bertz CT molecular complexity index is 964. The van der Waals surface area contributed by atoms with Crippen LogP contribution in [0.25, 0.3) is 22.7 Å². The molecule has 1 aromatic heterocycles. The monoisotopic (exact) mass is 374 g/mol. The van der Waals surface area contributed by atoms with Crippen LogP contribution in [0, 0.1) is 0 Å². The van der Waals surface area contributed by atoms with Gasteiger partial charge < -0.3 is 23.8 Å². The summed E-state index contributed by atoms with van der Waals surface area (Å²) in [6.07, 6.45) is 1.07. The number of fused-ring (bicyclic) bond motifs is 1. The lowest BCUT2D eigenvalue weighted by Crippen LogP contribution is -2.22. The number of hydrogen-bond acceptors (Lipinski definition) is 6. The van der Waals surface area contributed by atoms with Crippen molar-refractivity contribution < 1.29 is 32.6 Å². The molecule has 0 saturated heterocycles. The molecule has 0 atom stereocenters. The second kappa shape index (κ2) is 7.86. The van der Waals surface area contributed by atoms with Gasteiger partial charge in [0.15, 0.2) is 17.1 Å². The molecular weight excluding hydrogens is 360 g/mol. The number of oxazole rings is 1. The number of carbonyl (C=O) groups excluding carboxylic acids is 1. The third-order valence-corrected chi connectivity index (χ3v) is 3.65. The Labute approximate surface area is 152 Å². The van der Waals surface area contributed by atoms with E-state index in [-0.39, 0.29) is 23.0 Å². The van der Waals surface area contributed by atoms with E-state index in [1.54, 1.807) is 24.3 Å². The van der Waals surface area contributed by atoms with Gasteiger partial charge in [-0.1, -0.05) is 18.2 Å². The van der Waals surface area contributed by atoms with E-state index in [1.165, 1.54) is 31.4 Å². The first-order valence-corrected chi connectivity index (χ1v) is 7.85. The Morgan fingerprint density at radius 3 is 2.70 bits per heavy atom. The number of nitrogens with zero attached hydrogens (tertiary/aromatic N) is 1. The quantitative estimate of drug-likeness (QED) is 0.632. The van der Waals surface area contributed by atoms with E-state index in [2.05, 4.69) is 9.72 Å². The molecule has 3 rings (SSSR count). The van der Waals surface area contributed by atoms with E-state index in [4.69, 9.17) is 9.15 Å². The number of rotatable bonds is 7. The van der Waals surface area contributed by atoms with Crippen molar-refractivity contribution in [1.82, 2.24) is 4.98 Å². The van der Waals surface area contributed by atoms with Crippen LogP contribution in [0.1, 0.15) is 17.9 Å². The number of aliphatic carboxylic acids is 1. The molecule has 27 heavy (non-hydrogen) atoms. The summed E-state index contributed by atoms with van der Waals surface area (Å²) in [5.41, 5.74) is 1.84. The van der Waals surface area contributed by atoms with Gasteiger partial charge in [-0.3, -0.25) is 0 Å². The number of ether oxygens (including phenoxy) is 2.